The van der Waals surface area contributed by atoms with Gasteiger partial charge in [0.15, 0.2) is 0 Å². The number of nitrogens with zero attached hydrogens (tertiary/aromatic N) is 1. The van der Waals surface area contributed by atoms with Crippen molar-refractivity contribution in [2.75, 3.05) is 33.4 Å². The minimum atomic E-state index is 0.359. The van der Waals surface area contributed by atoms with Gasteiger partial charge >= 0.3 is 0 Å². The molecule has 0 aliphatic carbocycles. The molecule has 0 amide bonds. The van der Waals surface area contributed by atoms with Gasteiger partial charge in [-0.05, 0) is 37.8 Å². The van der Waals surface area contributed by atoms with Gasteiger partial charge in [-0.25, -0.2) is 0 Å². The second kappa shape index (κ2) is 5.83. The highest BCUT2D eigenvalue weighted by atomic mass is 16.5. The Morgan fingerprint density at radius 1 is 1.33 bits per heavy atom. The van der Waals surface area contributed by atoms with Gasteiger partial charge in [0.25, 0.3) is 0 Å². The zero-order chi connectivity index (χ0) is 11.3. The van der Waals surface area contributed by atoms with E-state index in [-0.39, 0.29) is 0 Å². The lowest BCUT2D eigenvalue weighted by molar-refractivity contribution is 0.103. The Morgan fingerprint density at radius 3 is 2.47 bits per heavy atom. The number of methoxy groups -OCH3 is 1. The van der Waals surface area contributed by atoms with E-state index >= 15 is 0 Å². The van der Waals surface area contributed by atoms with Gasteiger partial charge in [0.2, 0.25) is 0 Å². The van der Waals surface area contributed by atoms with E-state index in [1.807, 2.05) is 0 Å². The highest BCUT2D eigenvalue weighted by molar-refractivity contribution is 4.79. The second-order valence-electron chi connectivity index (χ2n) is 5.52. The third kappa shape index (κ3) is 4.96. The minimum absolute atomic E-state index is 0.359. The fourth-order valence-corrected chi connectivity index (χ4v) is 2.17. The van der Waals surface area contributed by atoms with Gasteiger partial charge < -0.3 is 15.4 Å². The highest BCUT2D eigenvalue weighted by Gasteiger charge is 2.24. The van der Waals surface area contributed by atoms with E-state index in [1.165, 1.54) is 6.54 Å². The maximum atomic E-state index is 5.89. The molecular weight excluding hydrogens is 188 g/mol. The summed E-state index contributed by atoms with van der Waals surface area (Å²) in [6, 6.07) is 0.434. The molecule has 3 heteroatoms. The summed E-state index contributed by atoms with van der Waals surface area (Å²) in [7, 11) is 1.77. The highest BCUT2D eigenvalue weighted by Crippen LogP contribution is 2.23. The molecule has 3 nitrogen and oxygen atoms in total. The third-order valence-electron chi connectivity index (χ3n) is 3.27. The molecule has 1 rings (SSSR count). The first-order valence-corrected chi connectivity index (χ1v) is 6.00. The Bertz CT molecular complexity index is 174. The second-order valence-corrected chi connectivity index (χ2v) is 5.52. The predicted octanol–water partition coefficient (Wildman–Crippen LogP) is 1.47. The topological polar surface area (TPSA) is 38.5 Å². The molecule has 2 N–H and O–H groups in total. The molecule has 1 aliphatic rings. The van der Waals surface area contributed by atoms with Crippen molar-refractivity contribution in [3.63, 3.8) is 0 Å². The summed E-state index contributed by atoms with van der Waals surface area (Å²) < 4.78 is 5.15. The Kier molecular flexibility index (Phi) is 5.03. The smallest absolute Gasteiger partial charge is 0.0467 e. The van der Waals surface area contributed by atoms with Crippen LogP contribution < -0.4 is 5.73 Å². The summed E-state index contributed by atoms with van der Waals surface area (Å²) >= 11 is 0. The first-order chi connectivity index (χ1) is 7.03. The lowest BCUT2D eigenvalue weighted by Gasteiger charge is -2.36. The summed E-state index contributed by atoms with van der Waals surface area (Å²) in [5.41, 5.74) is 6.25. The number of likely N-dealkylation sites (tertiary alicyclic amines) is 1. The van der Waals surface area contributed by atoms with E-state index in [4.69, 9.17) is 10.5 Å². The number of piperidine rings is 1. The fourth-order valence-electron chi connectivity index (χ4n) is 2.17. The lowest BCUT2D eigenvalue weighted by atomic mass is 9.88. The van der Waals surface area contributed by atoms with Crippen molar-refractivity contribution in [3.05, 3.63) is 0 Å². The van der Waals surface area contributed by atoms with E-state index in [0.29, 0.717) is 11.5 Å². The van der Waals surface area contributed by atoms with Crippen molar-refractivity contribution in [2.24, 2.45) is 11.1 Å². The van der Waals surface area contributed by atoms with Crippen molar-refractivity contribution in [2.45, 2.75) is 39.2 Å². The largest absolute Gasteiger partial charge is 0.385 e. The van der Waals surface area contributed by atoms with Crippen LogP contribution in [0.5, 0.6) is 0 Å². The zero-order valence-corrected chi connectivity index (χ0v) is 10.5. The van der Waals surface area contributed by atoms with E-state index < -0.39 is 0 Å². The van der Waals surface area contributed by atoms with Crippen LogP contribution in [0.25, 0.3) is 0 Å². The number of nitrogens with two attached hydrogens (primary N) is 1. The molecule has 1 fully saturated rings. The van der Waals surface area contributed by atoms with Gasteiger partial charge in [-0.1, -0.05) is 13.8 Å². The minimum Gasteiger partial charge on any atom is -0.385 e. The van der Waals surface area contributed by atoms with Crippen LogP contribution in [0.1, 0.15) is 33.1 Å². The van der Waals surface area contributed by atoms with Crippen LogP contribution in [-0.2, 0) is 4.74 Å². The molecule has 0 unspecified atom stereocenters. The number of hydrogen-bond donors (Lipinski definition) is 1. The van der Waals surface area contributed by atoms with E-state index in [1.54, 1.807) is 7.11 Å². The molecular formula is C12H26N2O. The SMILES string of the molecule is COCCC(C)(C)CN1CCC(N)CC1. The average Bonchev–Trinajstić information content (AvgIpc) is 2.18. The normalized spacial score (nSPS) is 20.8. The Balaban J connectivity index is 2.27. The fraction of sp³-hybridized carbons (Fsp3) is 1.00. The molecule has 90 valence electrons. The van der Waals surface area contributed by atoms with Crippen molar-refractivity contribution < 1.29 is 4.74 Å². The molecule has 0 aromatic carbocycles. The molecule has 1 aliphatic heterocycles. The monoisotopic (exact) mass is 214 g/mol. The van der Waals surface area contributed by atoms with Crippen LogP contribution in [0, 0.1) is 5.41 Å². The van der Waals surface area contributed by atoms with Gasteiger partial charge in [0.05, 0.1) is 0 Å². The van der Waals surface area contributed by atoms with Crippen molar-refractivity contribution >= 4 is 0 Å². The van der Waals surface area contributed by atoms with Gasteiger partial charge in [-0.3, -0.25) is 0 Å². The first-order valence-electron chi connectivity index (χ1n) is 6.00. The van der Waals surface area contributed by atoms with Crippen molar-refractivity contribution in [3.8, 4) is 0 Å². The van der Waals surface area contributed by atoms with Crippen molar-refractivity contribution in [1.82, 2.24) is 4.90 Å². The molecule has 0 atom stereocenters. The molecule has 0 spiro atoms. The van der Waals surface area contributed by atoms with Crippen LogP contribution >= 0.6 is 0 Å². The third-order valence-corrected chi connectivity index (χ3v) is 3.27. The summed E-state index contributed by atoms with van der Waals surface area (Å²) in [6.07, 6.45) is 3.44. The number of hydrogen-bond acceptors (Lipinski definition) is 3. The van der Waals surface area contributed by atoms with Crippen LogP contribution in [-0.4, -0.2) is 44.3 Å². The maximum absolute atomic E-state index is 5.89. The lowest BCUT2D eigenvalue weighted by Crippen LogP contribution is -2.43. The molecule has 0 aromatic rings. The van der Waals surface area contributed by atoms with Gasteiger partial charge in [0.1, 0.15) is 0 Å². The molecule has 0 radical (unpaired) electrons. The summed E-state index contributed by atoms with van der Waals surface area (Å²) in [5.74, 6) is 0. The molecule has 1 saturated heterocycles. The van der Waals surface area contributed by atoms with E-state index in [0.717, 1.165) is 39.0 Å². The van der Waals surface area contributed by atoms with E-state index in [9.17, 15) is 0 Å². The predicted molar refractivity (Wildman–Crippen MR) is 63.9 cm³/mol. The average molecular weight is 214 g/mol. The number of ether oxygens (including phenoxy) is 1. The number of rotatable bonds is 5. The van der Waals surface area contributed by atoms with Crippen molar-refractivity contribution in [1.29, 1.82) is 0 Å². The summed E-state index contributed by atoms with van der Waals surface area (Å²) in [5, 5.41) is 0. The zero-order valence-electron chi connectivity index (χ0n) is 10.5. The molecule has 15 heavy (non-hydrogen) atoms. The van der Waals surface area contributed by atoms with Crippen LogP contribution in [0.2, 0.25) is 0 Å². The first kappa shape index (κ1) is 12.9. The van der Waals surface area contributed by atoms with Crippen LogP contribution in [0.4, 0.5) is 0 Å². The summed E-state index contributed by atoms with van der Waals surface area (Å²) in [4.78, 5) is 2.54. The van der Waals surface area contributed by atoms with Gasteiger partial charge in [-0.2, -0.15) is 0 Å². The summed E-state index contributed by atoms with van der Waals surface area (Å²) in [6.45, 7) is 9.00. The maximum Gasteiger partial charge on any atom is 0.0467 e. The van der Waals surface area contributed by atoms with Gasteiger partial charge in [0, 0.05) is 26.3 Å². The standard InChI is InChI=1S/C12H26N2O/c1-12(2,6-9-15-3)10-14-7-4-11(13)5-8-14/h11H,4-10,13H2,1-3H3. The Labute approximate surface area is 94.0 Å². The van der Waals surface area contributed by atoms with Crippen LogP contribution in [0.3, 0.4) is 0 Å². The molecule has 0 bridgehead atoms. The molecule has 0 saturated carbocycles. The van der Waals surface area contributed by atoms with Crippen LogP contribution in [0.15, 0.2) is 0 Å². The Hall–Kier alpha value is -0.120. The van der Waals surface area contributed by atoms with E-state index in [2.05, 4.69) is 18.7 Å². The quantitative estimate of drug-likeness (QED) is 0.753. The Morgan fingerprint density at radius 2 is 1.93 bits per heavy atom. The van der Waals surface area contributed by atoms with Gasteiger partial charge in [-0.15, -0.1) is 0 Å². The molecule has 0 aromatic heterocycles. The molecule has 1 heterocycles.